The van der Waals surface area contributed by atoms with E-state index in [2.05, 4.69) is 40.8 Å². The number of hydrogen-bond donors (Lipinski definition) is 1. The summed E-state index contributed by atoms with van der Waals surface area (Å²) in [5, 5.41) is 18.5. The van der Waals surface area contributed by atoms with Crippen molar-refractivity contribution in [2.45, 2.75) is 81.3 Å². The molecule has 1 aromatic heterocycles. The normalized spacial score (nSPS) is 28.6. The predicted octanol–water partition coefficient (Wildman–Crippen LogP) is 4.83. The number of hydrogen-bond acceptors (Lipinski definition) is 5. The van der Waals surface area contributed by atoms with Gasteiger partial charge < -0.3 is 14.6 Å². The Morgan fingerprint density at radius 2 is 1.66 bits per heavy atom. The van der Waals surface area contributed by atoms with Crippen LogP contribution in [0.3, 0.4) is 0 Å². The molecule has 7 heteroatoms. The molecular weight excluding hydrogens is 445 g/mol. The predicted molar refractivity (Wildman–Crippen MR) is 129 cm³/mol. The molecule has 6 rings (SSSR count). The maximum atomic E-state index is 13.2. The van der Waals surface area contributed by atoms with Gasteiger partial charge in [0.05, 0.1) is 42.8 Å². The Morgan fingerprint density at radius 3 is 2.37 bits per heavy atom. The number of rotatable bonds is 7. The lowest BCUT2D eigenvalue weighted by Crippen LogP contribution is -2.51. The summed E-state index contributed by atoms with van der Waals surface area (Å²) in [6.07, 6.45) is 8.80. The van der Waals surface area contributed by atoms with Crippen molar-refractivity contribution in [3.05, 3.63) is 71.8 Å². The standard InChI is InChI=1S/C28H32FN3O3/c29-22-10-8-20(9-11-22)19-4-1-18(2-5-19)3-13-26-25(32-16-24(30-31-32)21-6-7-21)15-28-27(35-26)14-12-23(17-33)34-28/h1-2,4-5,8-11,16,21,23,25-28,33H,3,6-7,12-15,17H2/t23-,25-,26-,27+,28+/m1/s1. The summed E-state index contributed by atoms with van der Waals surface area (Å²) >= 11 is 0. The zero-order valence-corrected chi connectivity index (χ0v) is 19.8. The lowest BCUT2D eigenvalue weighted by atomic mass is 9.88. The van der Waals surface area contributed by atoms with Crippen molar-refractivity contribution in [3.8, 4) is 11.1 Å². The smallest absolute Gasteiger partial charge is 0.123 e. The van der Waals surface area contributed by atoms with Crippen molar-refractivity contribution in [2.75, 3.05) is 6.61 Å². The van der Waals surface area contributed by atoms with Gasteiger partial charge in [-0.15, -0.1) is 5.10 Å². The molecule has 3 fully saturated rings. The Balaban J connectivity index is 1.16. The summed E-state index contributed by atoms with van der Waals surface area (Å²) in [7, 11) is 0. The van der Waals surface area contributed by atoms with Crippen LogP contribution in [0.15, 0.2) is 54.7 Å². The second kappa shape index (κ2) is 9.80. The van der Waals surface area contributed by atoms with Gasteiger partial charge in [-0.25, -0.2) is 9.07 Å². The number of aliphatic hydroxyl groups is 1. The van der Waals surface area contributed by atoms with Gasteiger partial charge in [0, 0.05) is 18.5 Å². The zero-order valence-electron chi connectivity index (χ0n) is 19.8. The number of aliphatic hydroxyl groups excluding tert-OH is 1. The van der Waals surface area contributed by atoms with Gasteiger partial charge in [-0.1, -0.05) is 41.6 Å². The molecule has 0 amide bonds. The highest BCUT2D eigenvalue weighted by Crippen LogP contribution is 2.41. The van der Waals surface area contributed by atoms with Gasteiger partial charge in [0.1, 0.15) is 5.82 Å². The minimum Gasteiger partial charge on any atom is -0.394 e. The molecule has 3 aliphatic rings. The van der Waals surface area contributed by atoms with E-state index in [-0.39, 0.29) is 42.9 Å². The Kier molecular flexibility index (Phi) is 6.39. The van der Waals surface area contributed by atoms with Crippen molar-refractivity contribution < 1.29 is 19.0 Å². The highest BCUT2D eigenvalue weighted by molar-refractivity contribution is 5.63. The molecular formula is C28H32FN3O3. The number of benzene rings is 2. The van der Waals surface area contributed by atoms with Crippen LogP contribution in [0, 0.1) is 5.82 Å². The molecule has 35 heavy (non-hydrogen) atoms. The molecule has 6 nitrogen and oxygen atoms in total. The summed E-state index contributed by atoms with van der Waals surface area (Å²) in [6, 6.07) is 15.2. The largest absolute Gasteiger partial charge is 0.394 e. The van der Waals surface area contributed by atoms with E-state index in [1.165, 1.54) is 30.5 Å². The first kappa shape index (κ1) is 22.8. The first-order chi connectivity index (χ1) is 17.2. The minimum absolute atomic E-state index is 0.0225. The Bertz CT molecular complexity index is 1130. The van der Waals surface area contributed by atoms with Crippen LogP contribution in [0.25, 0.3) is 11.1 Å². The van der Waals surface area contributed by atoms with E-state index in [0.29, 0.717) is 5.92 Å². The number of fused-ring (bicyclic) bond motifs is 1. The van der Waals surface area contributed by atoms with Crippen LogP contribution in [0.2, 0.25) is 0 Å². The Hall–Kier alpha value is -2.61. The second-order valence-corrected chi connectivity index (χ2v) is 10.2. The number of ether oxygens (including phenoxy) is 2. The van der Waals surface area contributed by atoms with Crippen LogP contribution in [0.4, 0.5) is 4.39 Å². The monoisotopic (exact) mass is 477 g/mol. The first-order valence-corrected chi connectivity index (χ1v) is 12.8. The molecule has 3 aromatic rings. The van der Waals surface area contributed by atoms with Gasteiger partial charge in [0.25, 0.3) is 0 Å². The summed E-state index contributed by atoms with van der Waals surface area (Å²) < 4.78 is 28.0. The topological polar surface area (TPSA) is 69.4 Å². The molecule has 2 saturated heterocycles. The summed E-state index contributed by atoms with van der Waals surface area (Å²) in [6.45, 7) is 0.0559. The molecule has 0 unspecified atom stereocenters. The first-order valence-electron chi connectivity index (χ1n) is 12.8. The van der Waals surface area contributed by atoms with Crippen LogP contribution in [0.5, 0.6) is 0 Å². The second-order valence-electron chi connectivity index (χ2n) is 10.2. The molecule has 0 bridgehead atoms. The van der Waals surface area contributed by atoms with E-state index in [1.54, 1.807) is 0 Å². The lowest BCUT2D eigenvalue weighted by molar-refractivity contribution is -0.209. The average Bonchev–Trinajstić information content (AvgIpc) is 3.64. The lowest BCUT2D eigenvalue weighted by Gasteiger charge is -2.45. The molecule has 2 aromatic carbocycles. The van der Waals surface area contributed by atoms with Gasteiger partial charge in [-0.05, 0) is 67.3 Å². The van der Waals surface area contributed by atoms with E-state index in [9.17, 15) is 9.50 Å². The SMILES string of the molecule is OC[C@H]1CC[C@@H]2O[C@H](CCc3ccc(-c4ccc(F)cc4)cc3)[C@H](n3cc(C4CC4)nn3)C[C@@H]2O1. The third kappa shape index (κ3) is 5.03. The van der Waals surface area contributed by atoms with Gasteiger partial charge in [-0.3, -0.25) is 0 Å². The molecule has 0 spiro atoms. The minimum atomic E-state index is -0.221. The molecule has 3 heterocycles. The van der Waals surface area contributed by atoms with E-state index in [1.807, 2.05) is 16.8 Å². The van der Waals surface area contributed by atoms with Gasteiger partial charge in [-0.2, -0.15) is 0 Å². The fourth-order valence-electron chi connectivity index (χ4n) is 5.51. The highest BCUT2D eigenvalue weighted by atomic mass is 19.1. The van der Waals surface area contributed by atoms with E-state index < -0.39 is 0 Å². The maximum Gasteiger partial charge on any atom is 0.123 e. The van der Waals surface area contributed by atoms with Crippen LogP contribution in [-0.4, -0.2) is 51.1 Å². The van der Waals surface area contributed by atoms with E-state index in [0.717, 1.165) is 48.9 Å². The average molecular weight is 478 g/mol. The highest BCUT2D eigenvalue weighted by Gasteiger charge is 2.43. The van der Waals surface area contributed by atoms with Crippen molar-refractivity contribution >= 4 is 0 Å². The zero-order chi connectivity index (χ0) is 23.8. The molecule has 2 aliphatic heterocycles. The molecule has 1 aliphatic carbocycles. The quantitative estimate of drug-likeness (QED) is 0.528. The van der Waals surface area contributed by atoms with Crippen LogP contribution < -0.4 is 0 Å². The van der Waals surface area contributed by atoms with E-state index >= 15 is 0 Å². The maximum absolute atomic E-state index is 13.2. The van der Waals surface area contributed by atoms with Crippen molar-refractivity contribution in [2.24, 2.45) is 0 Å². The van der Waals surface area contributed by atoms with Crippen LogP contribution in [0.1, 0.15) is 61.7 Å². The number of halogens is 1. The Labute approximate surface area is 205 Å². The Morgan fingerprint density at radius 1 is 0.914 bits per heavy atom. The fraction of sp³-hybridized carbons (Fsp3) is 0.500. The van der Waals surface area contributed by atoms with Crippen LogP contribution in [-0.2, 0) is 15.9 Å². The summed E-state index contributed by atoms with van der Waals surface area (Å²) in [4.78, 5) is 0. The van der Waals surface area contributed by atoms with Crippen molar-refractivity contribution in [1.29, 1.82) is 0 Å². The van der Waals surface area contributed by atoms with Crippen molar-refractivity contribution in [3.63, 3.8) is 0 Å². The fourth-order valence-corrected chi connectivity index (χ4v) is 5.51. The number of nitrogens with zero attached hydrogens (tertiary/aromatic N) is 3. The van der Waals surface area contributed by atoms with Crippen LogP contribution >= 0.6 is 0 Å². The molecule has 5 atom stereocenters. The molecule has 1 N–H and O–H groups in total. The summed E-state index contributed by atoms with van der Waals surface area (Å²) in [5.41, 5.74) is 4.42. The number of aromatic nitrogens is 3. The third-order valence-electron chi connectivity index (χ3n) is 7.72. The molecule has 0 radical (unpaired) electrons. The van der Waals surface area contributed by atoms with E-state index in [4.69, 9.17) is 9.47 Å². The van der Waals surface area contributed by atoms with Gasteiger partial charge in [0.15, 0.2) is 0 Å². The van der Waals surface area contributed by atoms with Gasteiger partial charge >= 0.3 is 0 Å². The molecule has 1 saturated carbocycles. The number of aryl methyl sites for hydroxylation is 1. The van der Waals surface area contributed by atoms with Crippen molar-refractivity contribution in [1.82, 2.24) is 15.0 Å². The summed E-state index contributed by atoms with van der Waals surface area (Å²) in [5.74, 6) is 0.338. The third-order valence-corrected chi connectivity index (χ3v) is 7.72. The molecule has 184 valence electrons. The van der Waals surface area contributed by atoms with Gasteiger partial charge in [0.2, 0.25) is 0 Å².